The van der Waals surface area contributed by atoms with Crippen LogP contribution in [0, 0.1) is 0 Å². The summed E-state index contributed by atoms with van der Waals surface area (Å²) in [6.07, 6.45) is 0. The van der Waals surface area contributed by atoms with Crippen LogP contribution in [0.5, 0.6) is 0 Å². The van der Waals surface area contributed by atoms with Gasteiger partial charge in [0.1, 0.15) is 0 Å². The van der Waals surface area contributed by atoms with Crippen LogP contribution in [0.4, 0.5) is 0 Å². The highest BCUT2D eigenvalue weighted by Crippen LogP contribution is 2.25. The number of rotatable bonds is 3. The van der Waals surface area contributed by atoms with Crippen LogP contribution in [0.15, 0.2) is 18.2 Å². The molecule has 1 atom stereocenters. The van der Waals surface area contributed by atoms with Crippen molar-refractivity contribution in [1.29, 1.82) is 0 Å². The van der Waals surface area contributed by atoms with Gasteiger partial charge in [-0.2, -0.15) is 0 Å². The van der Waals surface area contributed by atoms with Crippen molar-refractivity contribution in [3.63, 3.8) is 0 Å². The SMILES string of the molecule is CN[C@@H](CO)c1ccc(Cl)cc1Cl. The maximum absolute atomic E-state index is 9.02. The van der Waals surface area contributed by atoms with Crippen molar-refractivity contribution < 1.29 is 5.11 Å². The minimum Gasteiger partial charge on any atom is -0.394 e. The Bertz CT molecular complexity index is 287. The number of aliphatic hydroxyl groups is 1. The molecule has 0 saturated heterocycles. The van der Waals surface area contributed by atoms with E-state index in [9.17, 15) is 0 Å². The summed E-state index contributed by atoms with van der Waals surface area (Å²) in [4.78, 5) is 0. The minimum atomic E-state index is -0.134. The Morgan fingerprint density at radius 2 is 2.15 bits per heavy atom. The molecular formula is C9H11Cl2NO. The average Bonchev–Trinajstić information content (AvgIpc) is 2.10. The van der Waals surface area contributed by atoms with Crippen molar-refractivity contribution in [1.82, 2.24) is 5.32 Å². The smallest absolute Gasteiger partial charge is 0.0626 e. The molecule has 2 nitrogen and oxygen atoms in total. The Balaban J connectivity index is 2.99. The van der Waals surface area contributed by atoms with E-state index in [1.54, 1.807) is 19.2 Å². The molecule has 0 unspecified atom stereocenters. The fourth-order valence-corrected chi connectivity index (χ4v) is 1.67. The summed E-state index contributed by atoms with van der Waals surface area (Å²) in [5, 5.41) is 13.1. The van der Waals surface area contributed by atoms with Gasteiger partial charge in [-0.3, -0.25) is 0 Å². The Labute approximate surface area is 87.5 Å². The quantitative estimate of drug-likeness (QED) is 0.818. The first-order valence-corrected chi connectivity index (χ1v) is 4.67. The number of benzene rings is 1. The number of likely N-dealkylation sites (N-methyl/N-ethyl adjacent to an activating group) is 1. The Morgan fingerprint density at radius 1 is 1.46 bits per heavy atom. The van der Waals surface area contributed by atoms with Crippen molar-refractivity contribution in [3.8, 4) is 0 Å². The topological polar surface area (TPSA) is 32.3 Å². The molecule has 0 saturated carbocycles. The predicted molar refractivity (Wildman–Crippen MR) is 55.3 cm³/mol. The van der Waals surface area contributed by atoms with Crippen molar-refractivity contribution in [3.05, 3.63) is 33.8 Å². The summed E-state index contributed by atoms with van der Waals surface area (Å²) in [6, 6.07) is 5.09. The second-order valence-electron chi connectivity index (χ2n) is 2.69. The summed E-state index contributed by atoms with van der Waals surface area (Å²) in [6.45, 7) is 0.0118. The summed E-state index contributed by atoms with van der Waals surface area (Å²) < 4.78 is 0. The second-order valence-corrected chi connectivity index (χ2v) is 3.53. The van der Waals surface area contributed by atoms with Crippen molar-refractivity contribution in [2.75, 3.05) is 13.7 Å². The Morgan fingerprint density at radius 3 is 2.62 bits per heavy atom. The lowest BCUT2D eigenvalue weighted by atomic mass is 10.1. The zero-order chi connectivity index (χ0) is 9.84. The van der Waals surface area contributed by atoms with Gasteiger partial charge in [0, 0.05) is 10.0 Å². The van der Waals surface area contributed by atoms with Gasteiger partial charge in [-0.25, -0.2) is 0 Å². The van der Waals surface area contributed by atoms with E-state index in [0.717, 1.165) is 5.56 Å². The molecule has 2 N–H and O–H groups in total. The lowest BCUT2D eigenvalue weighted by Gasteiger charge is -2.14. The van der Waals surface area contributed by atoms with Gasteiger partial charge in [-0.1, -0.05) is 29.3 Å². The van der Waals surface area contributed by atoms with E-state index in [1.165, 1.54) is 0 Å². The van der Waals surface area contributed by atoms with E-state index in [2.05, 4.69) is 5.32 Å². The first-order chi connectivity index (χ1) is 6.19. The molecule has 0 aliphatic heterocycles. The summed E-state index contributed by atoms with van der Waals surface area (Å²) in [7, 11) is 1.77. The highest BCUT2D eigenvalue weighted by molar-refractivity contribution is 6.35. The van der Waals surface area contributed by atoms with E-state index in [4.69, 9.17) is 28.3 Å². The third kappa shape index (κ3) is 2.58. The molecule has 0 heterocycles. The van der Waals surface area contributed by atoms with Gasteiger partial charge >= 0.3 is 0 Å². The second kappa shape index (κ2) is 4.82. The van der Waals surface area contributed by atoms with Crippen LogP contribution in [-0.2, 0) is 0 Å². The molecule has 72 valence electrons. The fourth-order valence-electron chi connectivity index (χ4n) is 1.13. The van der Waals surface area contributed by atoms with Crippen LogP contribution in [0.2, 0.25) is 10.0 Å². The number of hydrogen-bond donors (Lipinski definition) is 2. The molecule has 13 heavy (non-hydrogen) atoms. The van der Waals surface area contributed by atoms with Crippen LogP contribution >= 0.6 is 23.2 Å². The third-order valence-electron chi connectivity index (χ3n) is 1.87. The van der Waals surface area contributed by atoms with Crippen LogP contribution in [0.1, 0.15) is 11.6 Å². The molecule has 0 bridgehead atoms. The normalized spacial score (nSPS) is 12.9. The van der Waals surface area contributed by atoms with Gasteiger partial charge in [0.15, 0.2) is 0 Å². The maximum Gasteiger partial charge on any atom is 0.0626 e. The molecule has 4 heteroatoms. The molecule has 1 rings (SSSR count). The molecule has 1 aromatic carbocycles. The van der Waals surface area contributed by atoms with E-state index in [0.29, 0.717) is 10.0 Å². The Hall–Kier alpha value is -0.280. The Kier molecular flexibility index (Phi) is 4.00. The summed E-state index contributed by atoms with van der Waals surface area (Å²) >= 11 is 11.7. The van der Waals surface area contributed by atoms with Gasteiger partial charge in [0.05, 0.1) is 12.6 Å². The first-order valence-electron chi connectivity index (χ1n) is 3.92. The van der Waals surface area contributed by atoms with Gasteiger partial charge in [0.25, 0.3) is 0 Å². The van der Waals surface area contributed by atoms with E-state index < -0.39 is 0 Å². The molecule has 0 fully saturated rings. The third-order valence-corrected chi connectivity index (χ3v) is 2.43. The highest BCUT2D eigenvalue weighted by atomic mass is 35.5. The number of halogens is 2. The molecule has 0 radical (unpaired) electrons. The largest absolute Gasteiger partial charge is 0.394 e. The zero-order valence-electron chi connectivity index (χ0n) is 7.22. The molecule has 0 spiro atoms. The van der Waals surface area contributed by atoms with Crippen molar-refractivity contribution in [2.24, 2.45) is 0 Å². The highest BCUT2D eigenvalue weighted by Gasteiger charge is 2.11. The molecule has 0 amide bonds. The molecule has 0 aliphatic carbocycles. The van der Waals surface area contributed by atoms with Crippen LogP contribution in [0.25, 0.3) is 0 Å². The maximum atomic E-state index is 9.02. The number of aliphatic hydroxyl groups excluding tert-OH is 1. The van der Waals surface area contributed by atoms with E-state index >= 15 is 0 Å². The standard InChI is InChI=1S/C9H11Cl2NO/c1-12-9(5-13)7-3-2-6(10)4-8(7)11/h2-4,9,12-13H,5H2,1H3/t9-/m0/s1. The molecule has 1 aromatic rings. The van der Waals surface area contributed by atoms with E-state index in [1.807, 2.05) is 6.07 Å². The van der Waals surface area contributed by atoms with Gasteiger partial charge in [-0.15, -0.1) is 0 Å². The van der Waals surface area contributed by atoms with Crippen LogP contribution < -0.4 is 5.32 Å². The summed E-state index contributed by atoms with van der Waals surface area (Å²) in [5.41, 5.74) is 0.857. The molecular weight excluding hydrogens is 209 g/mol. The number of nitrogens with one attached hydrogen (secondary N) is 1. The van der Waals surface area contributed by atoms with Crippen molar-refractivity contribution in [2.45, 2.75) is 6.04 Å². The first kappa shape index (κ1) is 10.8. The zero-order valence-corrected chi connectivity index (χ0v) is 8.73. The van der Waals surface area contributed by atoms with Crippen LogP contribution in [-0.4, -0.2) is 18.8 Å². The number of hydrogen-bond acceptors (Lipinski definition) is 2. The van der Waals surface area contributed by atoms with Gasteiger partial charge in [0.2, 0.25) is 0 Å². The lowest BCUT2D eigenvalue weighted by molar-refractivity contribution is 0.251. The van der Waals surface area contributed by atoms with Crippen molar-refractivity contribution >= 4 is 23.2 Å². The van der Waals surface area contributed by atoms with Crippen LogP contribution in [0.3, 0.4) is 0 Å². The molecule has 0 aromatic heterocycles. The monoisotopic (exact) mass is 219 g/mol. The average molecular weight is 220 g/mol. The molecule has 0 aliphatic rings. The predicted octanol–water partition coefficient (Wildman–Crippen LogP) is 2.25. The minimum absolute atomic E-state index is 0.0118. The summed E-state index contributed by atoms with van der Waals surface area (Å²) in [5.74, 6) is 0. The van der Waals surface area contributed by atoms with Gasteiger partial charge < -0.3 is 10.4 Å². The lowest BCUT2D eigenvalue weighted by Crippen LogP contribution is -2.20. The van der Waals surface area contributed by atoms with E-state index in [-0.39, 0.29) is 12.6 Å². The fraction of sp³-hybridized carbons (Fsp3) is 0.333. The van der Waals surface area contributed by atoms with Gasteiger partial charge in [-0.05, 0) is 24.7 Å².